The van der Waals surface area contributed by atoms with E-state index in [2.05, 4.69) is 16.5 Å². The van der Waals surface area contributed by atoms with Crippen molar-refractivity contribution >= 4 is 23.7 Å². The first-order valence-electron chi connectivity index (χ1n) is 6.94. The van der Waals surface area contributed by atoms with Crippen LogP contribution in [0.25, 0.3) is 6.08 Å². The molecule has 1 aromatic heterocycles. The Morgan fingerprint density at radius 3 is 2.55 bits per heavy atom. The standard InChI is InChI=1S/C15H22N2O2S/c1-11-9-13(20-16-11)10-12-5-7-17(8-6-12)14(18)19-15(2,3)4/h9-10H,5-8H2,1-4H3. The SMILES string of the molecule is Cc1cc(C=C2CCN(C(=O)OC(C)(C)C)CC2)sn1. The number of hydrogen-bond donors (Lipinski definition) is 0. The van der Waals surface area contributed by atoms with Gasteiger partial charge in [0.05, 0.1) is 5.69 Å². The van der Waals surface area contributed by atoms with Gasteiger partial charge in [0.1, 0.15) is 5.60 Å². The molecule has 5 heteroatoms. The number of ether oxygens (including phenoxy) is 1. The molecule has 0 atom stereocenters. The Bertz CT molecular complexity index is 504. The van der Waals surface area contributed by atoms with Crippen molar-refractivity contribution in [3.8, 4) is 0 Å². The summed E-state index contributed by atoms with van der Waals surface area (Å²) in [5.41, 5.74) is 2.02. The molecule has 1 fully saturated rings. The summed E-state index contributed by atoms with van der Waals surface area (Å²) in [6, 6.07) is 2.10. The highest BCUT2D eigenvalue weighted by Crippen LogP contribution is 2.22. The van der Waals surface area contributed by atoms with Gasteiger partial charge in [0.2, 0.25) is 0 Å². The molecule has 0 aromatic carbocycles. The van der Waals surface area contributed by atoms with E-state index >= 15 is 0 Å². The van der Waals surface area contributed by atoms with Crippen LogP contribution in [-0.2, 0) is 4.74 Å². The lowest BCUT2D eigenvalue weighted by molar-refractivity contribution is 0.0237. The van der Waals surface area contributed by atoms with Crippen LogP contribution in [0.1, 0.15) is 44.2 Å². The fraction of sp³-hybridized carbons (Fsp3) is 0.600. The highest BCUT2D eigenvalue weighted by molar-refractivity contribution is 7.06. The number of hydrogen-bond acceptors (Lipinski definition) is 4. The molecule has 1 aliphatic rings. The van der Waals surface area contributed by atoms with Gasteiger partial charge >= 0.3 is 6.09 Å². The fourth-order valence-corrected chi connectivity index (χ4v) is 2.84. The van der Waals surface area contributed by atoms with Crippen molar-refractivity contribution in [2.24, 2.45) is 0 Å². The van der Waals surface area contributed by atoms with Crippen LogP contribution in [0.2, 0.25) is 0 Å². The quantitative estimate of drug-likeness (QED) is 0.789. The van der Waals surface area contributed by atoms with Crippen LogP contribution in [0.3, 0.4) is 0 Å². The van der Waals surface area contributed by atoms with Gasteiger partial charge in [-0.1, -0.05) is 5.57 Å². The second-order valence-corrected chi connectivity index (χ2v) is 6.98. The van der Waals surface area contributed by atoms with Crippen LogP contribution in [-0.4, -0.2) is 34.1 Å². The lowest BCUT2D eigenvalue weighted by atomic mass is 10.0. The molecule has 2 heterocycles. The lowest BCUT2D eigenvalue weighted by Crippen LogP contribution is -2.40. The molecular weight excluding hydrogens is 272 g/mol. The zero-order valence-electron chi connectivity index (χ0n) is 12.6. The zero-order chi connectivity index (χ0) is 14.8. The van der Waals surface area contributed by atoms with Crippen LogP contribution >= 0.6 is 11.5 Å². The third kappa shape index (κ3) is 4.34. The average Bonchev–Trinajstić information content (AvgIpc) is 2.73. The molecule has 0 radical (unpaired) electrons. The number of amides is 1. The summed E-state index contributed by atoms with van der Waals surface area (Å²) in [6.45, 7) is 9.16. The van der Waals surface area contributed by atoms with Gasteiger partial charge in [-0.2, -0.15) is 4.37 Å². The van der Waals surface area contributed by atoms with Crippen LogP contribution in [0.5, 0.6) is 0 Å². The van der Waals surface area contributed by atoms with Crippen molar-refractivity contribution in [3.63, 3.8) is 0 Å². The van der Waals surface area contributed by atoms with E-state index in [0.29, 0.717) is 0 Å². The maximum Gasteiger partial charge on any atom is 0.410 e. The Balaban J connectivity index is 1.89. The number of carbonyl (C=O) groups excluding carboxylic acids is 1. The first-order chi connectivity index (χ1) is 9.33. The molecule has 1 saturated heterocycles. The number of aryl methyl sites for hydroxylation is 1. The molecule has 1 aromatic rings. The van der Waals surface area contributed by atoms with Crippen molar-refractivity contribution < 1.29 is 9.53 Å². The fourth-order valence-electron chi connectivity index (χ4n) is 2.10. The zero-order valence-corrected chi connectivity index (χ0v) is 13.4. The molecule has 0 bridgehead atoms. The normalized spacial score (nSPS) is 16.2. The van der Waals surface area contributed by atoms with E-state index in [-0.39, 0.29) is 6.09 Å². The van der Waals surface area contributed by atoms with E-state index in [1.54, 1.807) is 4.90 Å². The maximum absolute atomic E-state index is 12.0. The Morgan fingerprint density at radius 1 is 1.40 bits per heavy atom. The van der Waals surface area contributed by atoms with Crippen LogP contribution < -0.4 is 0 Å². The van der Waals surface area contributed by atoms with Gasteiger partial charge in [-0.3, -0.25) is 0 Å². The lowest BCUT2D eigenvalue weighted by Gasteiger charge is -2.30. The van der Waals surface area contributed by atoms with Crippen molar-refractivity contribution in [1.82, 2.24) is 9.27 Å². The molecule has 0 aliphatic carbocycles. The smallest absolute Gasteiger partial charge is 0.410 e. The second kappa shape index (κ2) is 5.95. The minimum atomic E-state index is -0.423. The highest BCUT2D eigenvalue weighted by atomic mass is 32.1. The number of carbonyl (C=O) groups is 1. The second-order valence-electron chi connectivity index (χ2n) is 6.14. The van der Waals surface area contributed by atoms with Gasteiger partial charge in [-0.25, -0.2) is 4.79 Å². The predicted octanol–water partition coefficient (Wildman–Crippen LogP) is 3.87. The minimum Gasteiger partial charge on any atom is -0.444 e. The molecule has 1 aliphatic heterocycles. The van der Waals surface area contributed by atoms with Crippen molar-refractivity contribution in [2.75, 3.05) is 13.1 Å². The molecule has 0 spiro atoms. The summed E-state index contributed by atoms with van der Waals surface area (Å²) in [5.74, 6) is 0. The largest absolute Gasteiger partial charge is 0.444 e. The van der Waals surface area contributed by atoms with Gasteiger partial charge in [-0.05, 0) is 64.2 Å². The third-order valence-corrected chi connectivity index (χ3v) is 3.88. The molecule has 2 rings (SSSR count). The molecule has 20 heavy (non-hydrogen) atoms. The Labute approximate surface area is 124 Å². The Hall–Kier alpha value is -1.36. The Kier molecular flexibility index (Phi) is 4.48. The van der Waals surface area contributed by atoms with Crippen molar-refractivity contribution in [3.05, 3.63) is 22.2 Å². The van der Waals surface area contributed by atoms with Crippen molar-refractivity contribution in [2.45, 2.75) is 46.1 Å². The van der Waals surface area contributed by atoms with Gasteiger partial charge in [0.25, 0.3) is 0 Å². The van der Waals surface area contributed by atoms with Crippen molar-refractivity contribution in [1.29, 1.82) is 0 Å². The third-order valence-electron chi connectivity index (χ3n) is 3.05. The number of piperidine rings is 1. The highest BCUT2D eigenvalue weighted by Gasteiger charge is 2.24. The number of nitrogens with zero attached hydrogens (tertiary/aromatic N) is 2. The van der Waals surface area contributed by atoms with E-state index < -0.39 is 5.60 Å². The van der Waals surface area contributed by atoms with E-state index in [9.17, 15) is 4.79 Å². The number of rotatable bonds is 1. The van der Waals surface area contributed by atoms with E-state index in [4.69, 9.17) is 4.74 Å². The maximum atomic E-state index is 12.0. The summed E-state index contributed by atoms with van der Waals surface area (Å²) in [5, 5.41) is 0. The monoisotopic (exact) mass is 294 g/mol. The minimum absolute atomic E-state index is 0.204. The number of likely N-dealkylation sites (tertiary alicyclic amines) is 1. The summed E-state index contributed by atoms with van der Waals surface area (Å²) >= 11 is 1.53. The summed E-state index contributed by atoms with van der Waals surface area (Å²) in [6.07, 6.45) is 3.83. The van der Waals surface area contributed by atoms with E-state index in [0.717, 1.165) is 31.6 Å². The topological polar surface area (TPSA) is 42.4 Å². The summed E-state index contributed by atoms with van der Waals surface area (Å²) in [7, 11) is 0. The van der Waals surface area contributed by atoms with Gasteiger partial charge in [-0.15, -0.1) is 0 Å². The molecule has 1 amide bonds. The molecular formula is C15H22N2O2S. The van der Waals surface area contributed by atoms with Crippen LogP contribution in [0.4, 0.5) is 4.79 Å². The van der Waals surface area contributed by atoms with E-state index in [1.807, 2.05) is 27.7 Å². The molecule has 0 N–H and O–H groups in total. The Morgan fingerprint density at radius 2 is 2.05 bits per heavy atom. The summed E-state index contributed by atoms with van der Waals surface area (Å²) in [4.78, 5) is 14.9. The van der Waals surface area contributed by atoms with Gasteiger partial charge in [0.15, 0.2) is 0 Å². The van der Waals surface area contributed by atoms with E-state index in [1.165, 1.54) is 22.0 Å². The molecule has 110 valence electrons. The average molecular weight is 294 g/mol. The van der Waals surface area contributed by atoms with Crippen LogP contribution in [0.15, 0.2) is 11.6 Å². The molecule has 0 saturated carbocycles. The first-order valence-corrected chi connectivity index (χ1v) is 7.71. The molecule has 0 unspecified atom stereocenters. The number of aromatic nitrogens is 1. The first kappa shape index (κ1) is 15.0. The van der Waals surface area contributed by atoms with Gasteiger partial charge < -0.3 is 9.64 Å². The van der Waals surface area contributed by atoms with Gasteiger partial charge in [0, 0.05) is 18.0 Å². The predicted molar refractivity (Wildman–Crippen MR) is 81.9 cm³/mol. The molecule has 4 nitrogen and oxygen atoms in total. The van der Waals surface area contributed by atoms with Crippen LogP contribution in [0, 0.1) is 6.92 Å². The summed E-state index contributed by atoms with van der Waals surface area (Å²) < 4.78 is 9.67.